The topological polar surface area (TPSA) is 108 Å². The first-order chi connectivity index (χ1) is 43.0. The number of ether oxygens (including phenoxy) is 2. The summed E-state index contributed by atoms with van der Waals surface area (Å²) in [5.74, 6) is -0.790. The Hall–Kier alpha value is -3.07. The van der Waals surface area contributed by atoms with Gasteiger partial charge in [0.1, 0.15) is 19.8 Å². The van der Waals surface area contributed by atoms with E-state index >= 15 is 0 Å². The number of quaternary nitrogens is 1. The molecule has 0 heterocycles. The second kappa shape index (κ2) is 68.3. The van der Waals surface area contributed by atoms with Crippen LogP contribution >= 0.6 is 7.82 Å². The van der Waals surface area contributed by atoms with Gasteiger partial charge in [-0.15, -0.1) is 0 Å². The standard InChI is InChI=1S/C78H140NO8P/c1-6-8-10-12-14-16-18-20-22-24-26-28-30-32-33-34-35-36-37-38-39-40-41-42-43-44-45-47-49-51-53-55-57-59-61-63-65-67-69-71-78(81)87-76(75-86-88(82,83)85-73-72-79(3,4)5)74-84-77(80)70-68-66-64-62-60-58-56-54-52-50-48-46-31-29-27-25-23-21-19-17-15-13-11-9-7-2/h8,10,14,16,19-22,25-28,31-33,46,76H,6-7,9,11-13,15,17-18,23-24,29-30,34-45,47-75H2,1-5H3/p+1/b10-8-,16-14-,21-19-,22-20-,27-25-,28-26-,33-32-,46-31-. The van der Waals surface area contributed by atoms with Gasteiger partial charge >= 0.3 is 19.8 Å². The van der Waals surface area contributed by atoms with Crippen LogP contribution < -0.4 is 0 Å². The van der Waals surface area contributed by atoms with Crippen LogP contribution in [0.5, 0.6) is 0 Å². The lowest BCUT2D eigenvalue weighted by atomic mass is 10.0. The number of carbonyl (C=O) groups is 2. The molecule has 0 aromatic rings. The number of likely N-dealkylation sites (N-methyl/N-ethyl adjacent to an activating group) is 1. The zero-order chi connectivity index (χ0) is 64.1. The molecule has 10 heteroatoms. The van der Waals surface area contributed by atoms with Gasteiger partial charge in [-0.05, 0) is 96.3 Å². The van der Waals surface area contributed by atoms with Crippen molar-refractivity contribution in [3.63, 3.8) is 0 Å². The van der Waals surface area contributed by atoms with Gasteiger partial charge < -0.3 is 18.9 Å². The molecule has 1 N–H and O–H groups in total. The highest BCUT2D eigenvalue weighted by Crippen LogP contribution is 2.43. The fraction of sp³-hybridized carbons (Fsp3) is 0.769. The second-order valence-corrected chi connectivity index (χ2v) is 27.4. The summed E-state index contributed by atoms with van der Waals surface area (Å²) in [4.78, 5) is 35.9. The maximum atomic E-state index is 12.9. The van der Waals surface area contributed by atoms with Crippen molar-refractivity contribution in [1.29, 1.82) is 0 Å². The minimum absolute atomic E-state index is 0.0299. The summed E-state index contributed by atoms with van der Waals surface area (Å²) in [6.07, 6.45) is 95.3. The predicted molar refractivity (Wildman–Crippen MR) is 381 cm³/mol. The van der Waals surface area contributed by atoms with Crippen molar-refractivity contribution in [3.8, 4) is 0 Å². The van der Waals surface area contributed by atoms with Gasteiger partial charge in [-0.2, -0.15) is 0 Å². The smallest absolute Gasteiger partial charge is 0.462 e. The SMILES string of the molecule is CC/C=C\C/C=C\C/C=C\C/C=C\C/C=C\CCCCCCCCCCCCCCCCCCCCCCCCCC(=O)OC(COC(=O)CCCCCCCCCCCC/C=C\C/C=C\C/C=C\CCCCCCC)COP(=O)(O)OCC[N+](C)(C)C. The minimum Gasteiger partial charge on any atom is -0.462 e. The van der Waals surface area contributed by atoms with Crippen molar-refractivity contribution >= 4 is 19.8 Å². The lowest BCUT2D eigenvalue weighted by Crippen LogP contribution is -2.37. The van der Waals surface area contributed by atoms with E-state index in [1.807, 2.05) is 21.1 Å². The number of hydrogen-bond donors (Lipinski definition) is 1. The molecule has 0 fully saturated rings. The van der Waals surface area contributed by atoms with Crippen LogP contribution in [0, 0.1) is 0 Å². The Bertz CT molecular complexity index is 1810. The molecule has 88 heavy (non-hydrogen) atoms. The molecule has 0 aliphatic rings. The average Bonchev–Trinajstić information content (AvgIpc) is 3.68. The van der Waals surface area contributed by atoms with Gasteiger partial charge in [0.15, 0.2) is 6.10 Å². The van der Waals surface area contributed by atoms with Gasteiger partial charge in [0.2, 0.25) is 0 Å². The molecule has 0 rings (SSSR count). The van der Waals surface area contributed by atoms with Crippen LogP contribution in [-0.4, -0.2) is 74.9 Å². The lowest BCUT2D eigenvalue weighted by Gasteiger charge is -2.24. The van der Waals surface area contributed by atoms with E-state index in [1.165, 1.54) is 225 Å². The summed E-state index contributed by atoms with van der Waals surface area (Å²) < 4.78 is 34.8. The second-order valence-electron chi connectivity index (χ2n) is 25.9. The lowest BCUT2D eigenvalue weighted by molar-refractivity contribution is -0.870. The first-order valence-electron chi connectivity index (χ1n) is 37.0. The molecule has 0 aliphatic carbocycles. The van der Waals surface area contributed by atoms with Crippen LogP contribution in [0.1, 0.15) is 335 Å². The van der Waals surface area contributed by atoms with Crippen LogP contribution in [0.3, 0.4) is 0 Å². The zero-order valence-electron chi connectivity index (χ0n) is 58.2. The summed E-state index contributed by atoms with van der Waals surface area (Å²) in [5, 5.41) is 0. The number of allylic oxidation sites excluding steroid dienone is 16. The molecule has 510 valence electrons. The van der Waals surface area contributed by atoms with E-state index in [-0.39, 0.29) is 32.0 Å². The van der Waals surface area contributed by atoms with Gasteiger partial charge in [-0.1, -0.05) is 323 Å². The highest BCUT2D eigenvalue weighted by atomic mass is 31.2. The normalized spacial score (nSPS) is 13.7. The number of unbranched alkanes of at least 4 members (excludes halogenated alkanes) is 38. The minimum atomic E-state index is -4.40. The third kappa shape index (κ3) is 72.0. The van der Waals surface area contributed by atoms with E-state index in [0.29, 0.717) is 17.4 Å². The number of carbonyl (C=O) groups excluding carboxylic acids is 2. The first kappa shape index (κ1) is 84.9. The molecule has 0 bridgehead atoms. The molecule has 0 aliphatic heterocycles. The summed E-state index contributed by atoms with van der Waals surface area (Å²) in [6.45, 7) is 4.34. The third-order valence-electron chi connectivity index (χ3n) is 16.1. The molecule has 0 saturated heterocycles. The number of rotatable bonds is 68. The maximum Gasteiger partial charge on any atom is 0.472 e. The van der Waals surface area contributed by atoms with Crippen molar-refractivity contribution in [1.82, 2.24) is 0 Å². The molecular formula is C78H141NO8P+. The van der Waals surface area contributed by atoms with E-state index < -0.39 is 26.5 Å². The maximum absolute atomic E-state index is 12.9. The Kier molecular flexibility index (Phi) is 65.9. The Morgan fingerprint density at radius 2 is 0.648 bits per heavy atom. The molecule has 0 amide bonds. The van der Waals surface area contributed by atoms with E-state index in [0.717, 1.165) is 77.0 Å². The fourth-order valence-corrected chi connectivity index (χ4v) is 11.2. The number of nitrogens with zero attached hydrogens (tertiary/aromatic N) is 1. The van der Waals surface area contributed by atoms with E-state index in [4.69, 9.17) is 18.5 Å². The summed E-state index contributed by atoms with van der Waals surface area (Å²) in [6, 6.07) is 0. The highest BCUT2D eigenvalue weighted by Gasteiger charge is 2.27. The summed E-state index contributed by atoms with van der Waals surface area (Å²) >= 11 is 0. The van der Waals surface area contributed by atoms with Crippen LogP contribution in [0.25, 0.3) is 0 Å². The van der Waals surface area contributed by atoms with Crippen LogP contribution in [0.2, 0.25) is 0 Å². The number of esters is 2. The third-order valence-corrected chi connectivity index (χ3v) is 17.1. The largest absolute Gasteiger partial charge is 0.472 e. The van der Waals surface area contributed by atoms with E-state index in [2.05, 4.69) is 111 Å². The zero-order valence-corrected chi connectivity index (χ0v) is 59.1. The number of phosphoric acid groups is 1. The van der Waals surface area contributed by atoms with Crippen LogP contribution in [0.15, 0.2) is 97.2 Å². The number of hydrogen-bond acceptors (Lipinski definition) is 7. The van der Waals surface area contributed by atoms with Crippen LogP contribution in [0.4, 0.5) is 0 Å². The molecule has 0 aromatic carbocycles. The van der Waals surface area contributed by atoms with Crippen LogP contribution in [-0.2, 0) is 32.7 Å². The van der Waals surface area contributed by atoms with Crippen molar-refractivity contribution in [3.05, 3.63) is 97.2 Å². The molecule has 2 unspecified atom stereocenters. The van der Waals surface area contributed by atoms with Gasteiger partial charge in [0, 0.05) is 12.8 Å². The van der Waals surface area contributed by atoms with Crippen molar-refractivity contribution in [2.75, 3.05) is 47.5 Å². The van der Waals surface area contributed by atoms with Gasteiger partial charge in [-0.3, -0.25) is 18.6 Å². The quantitative estimate of drug-likeness (QED) is 0.0211. The van der Waals surface area contributed by atoms with Crippen molar-refractivity contribution in [2.45, 2.75) is 341 Å². The summed E-state index contributed by atoms with van der Waals surface area (Å²) in [7, 11) is 1.48. The summed E-state index contributed by atoms with van der Waals surface area (Å²) in [5.41, 5.74) is 0. The molecule has 0 aromatic heterocycles. The van der Waals surface area contributed by atoms with Gasteiger partial charge in [0.25, 0.3) is 0 Å². The first-order valence-corrected chi connectivity index (χ1v) is 38.5. The van der Waals surface area contributed by atoms with Crippen molar-refractivity contribution < 1.29 is 42.1 Å². The Balaban J connectivity index is 3.97. The van der Waals surface area contributed by atoms with Crippen molar-refractivity contribution in [2.24, 2.45) is 0 Å². The molecule has 2 atom stereocenters. The Morgan fingerprint density at radius 3 is 0.966 bits per heavy atom. The molecule has 0 spiro atoms. The molecule has 0 radical (unpaired) electrons. The predicted octanol–water partition coefficient (Wildman–Crippen LogP) is 24.3. The molecular weight excluding hydrogens is 1110 g/mol. The fourth-order valence-electron chi connectivity index (χ4n) is 10.5. The monoisotopic (exact) mass is 1250 g/mol. The molecule has 9 nitrogen and oxygen atoms in total. The Morgan fingerprint density at radius 1 is 0.364 bits per heavy atom. The Labute approximate surface area is 544 Å². The average molecular weight is 1250 g/mol. The van der Waals surface area contributed by atoms with E-state index in [1.54, 1.807) is 0 Å². The highest BCUT2D eigenvalue weighted by molar-refractivity contribution is 7.47. The van der Waals surface area contributed by atoms with Gasteiger partial charge in [-0.25, -0.2) is 4.57 Å². The van der Waals surface area contributed by atoms with Gasteiger partial charge in [0.05, 0.1) is 27.7 Å². The molecule has 0 saturated carbocycles. The van der Waals surface area contributed by atoms with E-state index in [9.17, 15) is 19.0 Å². The number of phosphoric ester groups is 1.